The molecular formula is C22H25F2N5O. The maximum atomic E-state index is 13.5. The van der Waals surface area contributed by atoms with Gasteiger partial charge in [-0.2, -0.15) is 4.98 Å². The molecule has 8 heteroatoms. The SMILES string of the molecule is CCCC1CN(c2cc(C)cc(Nc3ncn(-c4cc(F)cc(F)c4)n3)c2)CCO1. The van der Waals surface area contributed by atoms with Crippen molar-refractivity contribution in [3.8, 4) is 5.69 Å². The van der Waals surface area contributed by atoms with Crippen LogP contribution in [0.15, 0.2) is 42.7 Å². The molecule has 1 aliphatic heterocycles. The molecule has 30 heavy (non-hydrogen) atoms. The van der Waals surface area contributed by atoms with Gasteiger partial charge in [-0.25, -0.2) is 13.5 Å². The zero-order chi connectivity index (χ0) is 21.1. The second-order valence-electron chi connectivity index (χ2n) is 7.55. The van der Waals surface area contributed by atoms with Gasteiger partial charge in [0.15, 0.2) is 0 Å². The summed E-state index contributed by atoms with van der Waals surface area (Å²) in [6.07, 6.45) is 3.83. The van der Waals surface area contributed by atoms with E-state index in [9.17, 15) is 8.78 Å². The van der Waals surface area contributed by atoms with Gasteiger partial charge in [0.1, 0.15) is 18.0 Å². The Kier molecular flexibility index (Phi) is 5.94. The molecule has 0 saturated carbocycles. The number of benzene rings is 2. The first-order chi connectivity index (χ1) is 14.5. The summed E-state index contributed by atoms with van der Waals surface area (Å²) in [7, 11) is 0. The number of rotatable bonds is 6. The molecule has 1 atom stereocenters. The third-order valence-corrected chi connectivity index (χ3v) is 5.04. The molecule has 0 aliphatic carbocycles. The van der Waals surface area contributed by atoms with Crippen LogP contribution >= 0.6 is 0 Å². The average molecular weight is 413 g/mol. The average Bonchev–Trinajstić information content (AvgIpc) is 3.16. The minimum atomic E-state index is -0.662. The summed E-state index contributed by atoms with van der Waals surface area (Å²) in [5.74, 6) is -0.975. The normalized spacial score (nSPS) is 16.7. The zero-order valence-electron chi connectivity index (χ0n) is 17.1. The van der Waals surface area contributed by atoms with Crippen molar-refractivity contribution in [2.75, 3.05) is 29.9 Å². The van der Waals surface area contributed by atoms with Crippen molar-refractivity contribution in [3.05, 3.63) is 59.9 Å². The van der Waals surface area contributed by atoms with Crippen LogP contribution in [0.25, 0.3) is 5.69 Å². The number of ether oxygens (including phenoxy) is 1. The van der Waals surface area contributed by atoms with Crippen LogP contribution in [0.1, 0.15) is 25.3 Å². The molecule has 1 aromatic heterocycles. The van der Waals surface area contributed by atoms with Gasteiger partial charge in [-0.3, -0.25) is 0 Å². The molecule has 6 nitrogen and oxygen atoms in total. The van der Waals surface area contributed by atoms with Gasteiger partial charge in [0.05, 0.1) is 18.4 Å². The fourth-order valence-electron chi connectivity index (χ4n) is 3.71. The van der Waals surface area contributed by atoms with Crippen LogP contribution in [0.5, 0.6) is 0 Å². The van der Waals surface area contributed by atoms with Crippen molar-refractivity contribution in [2.45, 2.75) is 32.8 Å². The smallest absolute Gasteiger partial charge is 0.246 e. The summed E-state index contributed by atoms with van der Waals surface area (Å²) >= 11 is 0. The predicted octanol–water partition coefficient (Wildman–Crippen LogP) is 4.60. The van der Waals surface area contributed by atoms with Crippen LogP contribution in [0.2, 0.25) is 0 Å². The first kappa shape index (κ1) is 20.3. The number of aromatic nitrogens is 3. The van der Waals surface area contributed by atoms with E-state index in [0.717, 1.165) is 55.5 Å². The Morgan fingerprint density at radius 2 is 1.90 bits per heavy atom. The highest BCUT2D eigenvalue weighted by Gasteiger charge is 2.20. The molecule has 0 bridgehead atoms. The fraction of sp³-hybridized carbons (Fsp3) is 0.364. The van der Waals surface area contributed by atoms with Gasteiger partial charge in [-0.1, -0.05) is 13.3 Å². The topological polar surface area (TPSA) is 55.2 Å². The third kappa shape index (κ3) is 4.76. The minimum absolute atomic E-state index is 0.254. The van der Waals surface area contributed by atoms with Crippen molar-refractivity contribution >= 4 is 17.3 Å². The van der Waals surface area contributed by atoms with E-state index in [1.807, 2.05) is 13.0 Å². The maximum Gasteiger partial charge on any atom is 0.246 e. The third-order valence-electron chi connectivity index (χ3n) is 5.04. The van der Waals surface area contributed by atoms with Crippen LogP contribution in [0.3, 0.4) is 0 Å². The number of anilines is 3. The molecule has 3 aromatic rings. The van der Waals surface area contributed by atoms with Crippen LogP contribution in [0.4, 0.5) is 26.1 Å². The molecule has 2 aromatic carbocycles. The Bertz CT molecular complexity index is 1000. The number of aryl methyl sites for hydroxylation is 1. The molecule has 0 amide bonds. The number of halogens is 2. The molecule has 2 heterocycles. The number of nitrogens with one attached hydrogen (secondary N) is 1. The van der Waals surface area contributed by atoms with Gasteiger partial charge in [0, 0.05) is 30.5 Å². The van der Waals surface area contributed by atoms with E-state index in [1.165, 1.54) is 23.1 Å². The Morgan fingerprint density at radius 1 is 1.10 bits per heavy atom. The van der Waals surface area contributed by atoms with Crippen LogP contribution in [-0.4, -0.2) is 40.6 Å². The molecule has 4 rings (SSSR count). The summed E-state index contributed by atoms with van der Waals surface area (Å²) in [6, 6.07) is 9.46. The molecule has 158 valence electrons. The highest BCUT2D eigenvalue weighted by molar-refractivity contribution is 5.64. The molecular weight excluding hydrogens is 388 g/mol. The van der Waals surface area contributed by atoms with Crippen LogP contribution in [-0.2, 0) is 4.74 Å². The van der Waals surface area contributed by atoms with Crippen molar-refractivity contribution in [2.24, 2.45) is 0 Å². The minimum Gasteiger partial charge on any atom is -0.375 e. The lowest BCUT2D eigenvalue weighted by Gasteiger charge is -2.35. The van der Waals surface area contributed by atoms with Crippen molar-refractivity contribution < 1.29 is 13.5 Å². The molecule has 1 fully saturated rings. The first-order valence-electron chi connectivity index (χ1n) is 10.1. The number of hydrogen-bond donors (Lipinski definition) is 1. The van der Waals surface area contributed by atoms with E-state index in [1.54, 1.807) is 0 Å². The van der Waals surface area contributed by atoms with E-state index in [2.05, 4.69) is 39.4 Å². The van der Waals surface area contributed by atoms with E-state index in [0.29, 0.717) is 5.95 Å². The standard InChI is InChI=1S/C22H25F2N5O/c1-3-4-21-13-28(5-6-30-21)19-8-15(2)7-18(12-19)26-22-25-14-29(27-22)20-10-16(23)9-17(24)11-20/h7-12,14,21H,3-6,13H2,1-2H3,(H,26,27). The summed E-state index contributed by atoms with van der Waals surface area (Å²) in [4.78, 5) is 6.55. The molecule has 1 N–H and O–H groups in total. The Labute approximate surface area is 174 Å². The van der Waals surface area contributed by atoms with E-state index < -0.39 is 11.6 Å². The predicted molar refractivity (Wildman–Crippen MR) is 113 cm³/mol. The summed E-state index contributed by atoms with van der Waals surface area (Å²) in [5.41, 5.74) is 3.36. The largest absolute Gasteiger partial charge is 0.375 e. The lowest BCUT2D eigenvalue weighted by Crippen LogP contribution is -2.42. The van der Waals surface area contributed by atoms with Crippen LogP contribution in [0, 0.1) is 18.6 Å². The lowest BCUT2D eigenvalue weighted by molar-refractivity contribution is 0.0348. The van der Waals surface area contributed by atoms with Crippen LogP contribution < -0.4 is 10.2 Å². The Hall–Kier alpha value is -3.00. The van der Waals surface area contributed by atoms with Gasteiger partial charge in [-0.15, -0.1) is 5.10 Å². The number of nitrogens with zero attached hydrogens (tertiary/aromatic N) is 4. The van der Waals surface area contributed by atoms with Crippen molar-refractivity contribution in [1.82, 2.24) is 14.8 Å². The highest BCUT2D eigenvalue weighted by Crippen LogP contribution is 2.26. The molecule has 1 saturated heterocycles. The summed E-state index contributed by atoms with van der Waals surface area (Å²) in [6.45, 7) is 6.65. The van der Waals surface area contributed by atoms with Gasteiger partial charge >= 0.3 is 0 Å². The maximum absolute atomic E-state index is 13.5. The quantitative estimate of drug-likeness (QED) is 0.640. The van der Waals surface area contributed by atoms with E-state index in [4.69, 9.17) is 4.74 Å². The van der Waals surface area contributed by atoms with Crippen molar-refractivity contribution in [3.63, 3.8) is 0 Å². The molecule has 1 aliphatic rings. The van der Waals surface area contributed by atoms with Gasteiger partial charge in [0.2, 0.25) is 5.95 Å². The van der Waals surface area contributed by atoms with Gasteiger partial charge < -0.3 is 15.0 Å². The molecule has 1 unspecified atom stereocenters. The second kappa shape index (κ2) is 8.79. The monoisotopic (exact) mass is 413 g/mol. The number of hydrogen-bond acceptors (Lipinski definition) is 5. The summed E-state index contributed by atoms with van der Waals surface area (Å²) < 4.78 is 34.1. The zero-order valence-corrected chi connectivity index (χ0v) is 17.1. The highest BCUT2D eigenvalue weighted by atomic mass is 19.1. The molecule has 0 spiro atoms. The van der Waals surface area contributed by atoms with E-state index >= 15 is 0 Å². The second-order valence-corrected chi connectivity index (χ2v) is 7.55. The summed E-state index contributed by atoms with van der Waals surface area (Å²) in [5, 5.41) is 7.49. The van der Waals surface area contributed by atoms with E-state index in [-0.39, 0.29) is 11.8 Å². The van der Waals surface area contributed by atoms with Gasteiger partial charge in [0.25, 0.3) is 0 Å². The lowest BCUT2D eigenvalue weighted by atomic mass is 10.1. The fourth-order valence-corrected chi connectivity index (χ4v) is 3.71. The van der Waals surface area contributed by atoms with Gasteiger partial charge in [-0.05, 0) is 49.2 Å². The Balaban J connectivity index is 1.52. The first-order valence-corrected chi connectivity index (χ1v) is 10.1. The number of morpholine rings is 1. The molecule has 0 radical (unpaired) electrons. The van der Waals surface area contributed by atoms with Crippen molar-refractivity contribution in [1.29, 1.82) is 0 Å². The Morgan fingerprint density at radius 3 is 2.67 bits per heavy atom.